The molecule has 0 aliphatic rings. The van der Waals surface area contributed by atoms with Gasteiger partial charge in [-0.3, -0.25) is 9.59 Å². The van der Waals surface area contributed by atoms with Crippen LogP contribution < -0.4 is 16.4 Å². The normalized spacial score (nSPS) is 12.2. The van der Waals surface area contributed by atoms with Crippen LogP contribution in [0.2, 0.25) is 5.02 Å². The number of hydrogen-bond acceptors (Lipinski definition) is 5. The van der Waals surface area contributed by atoms with Crippen molar-refractivity contribution in [3.8, 4) is 22.6 Å². The minimum Gasteiger partial charge on any atom is -0.378 e. The molecule has 2 aromatic carbocycles. The first-order valence-electron chi connectivity index (χ1n) is 12.7. The van der Waals surface area contributed by atoms with Crippen LogP contribution in [0.3, 0.4) is 0 Å². The second-order valence-corrected chi connectivity index (χ2v) is 10.3. The van der Waals surface area contributed by atoms with Crippen LogP contribution in [0.1, 0.15) is 36.1 Å². The van der Waals surface area contributed by atoms with E-state index in [9.17, 15) is 27.2 Å². The molecule has 0 aliphatic heterocycles. The van der Waals surface area contributed by atoms with E-state index >= 15 is 0 Å². The number of alkyl halides is 2. The van der Waals surface area contributed by atoms with Crippen LogP contribution in [0.25, 0.3) is 33.4 Å². The second kappa shape index (κ2) is 11.1. The molecule has 7 nitrogen and oxygen atoms in total. The number of nitrogens with one attached hydrogen (secondary N) is 1. The zero-order chi connectivity index (χ0) is 30.5. The fraction of sp³-hybridized carbons (Fsp3) is 0.200. The minimum absolute atomic E-state index is 0.0246. The molecule has 0 spiro atoms. The smallest absolute Gasteiger partial charge is 0.269 e. The molecule has 216 valence electrons. The van der Waals surface area contributed by atoms with E-state index in [-0.39, 0.29) is 22.1 Å². The van der Waals surface area contributed by atoms with E-state index in [1.54, 1.807) is 58.4 Å². The molecule has 3 aromatic heterocycles. The number of pyridine rings is 2. The molecule has 1 atom stereocenters. The molecule has 0 aliphatic carbocycles. The van der Waals surface area contributed by atoms with Crippen molar-refractivity contribution in [2.24, 2.45) is 14.1 Å². The molecular weight excluding hydrogens is 574 g/mol. The lowest BCUT2D eigenvalue weighted by molar-refractivity contribution is 0.146. The largest absolute Gasteiger partial charge is 0.378 e. The molecule has 0 saturated heterocycles. The third-order valence-electron chi connectivity index (χ3n) is 7.12. The molecule has 42 heavy (non-hydrogen) atoms. The van der Waals surface area contributed by atoms with Gasteiger partial charge in [-0.05, 0) is 60.7 Å². The lowest BCUT2D eigenvalue weighted by atomic mass is 9.96. The molecule has 3 heterocycles. The van der Waals surface area contributed by atoms with Gasteiger partial charge in [0.15, 0.2) is 17.5 Å². The van der Waals surface area contributed by atoms with E-state index in [1.807, 2.05) is 0 Å². The predicted octanol–water partition coefficient (Wildman–Crippen LogP) is 6.71. The number of hydrogen-bond donors (Lipinski definition) is 1. The average Bonchev–Trinajstić information content (AvgIpc) is 2.95. The van der Waals surface area contributed by atoms with Gasteiger partial charge in [-0.2, -0.15) is 0 Å². The number of nitrogens with zero attached hydrogens (tertiary/aromatic N) is 4. The highest BCUT2D eigenvalue weighted by Crippen LogP contribution is 2.35. The standard InChI is InChI=1S/C30H24ClF4N5O2/c1-14-9-18(15(2)38-22-6-5-21(32)26(33)24(22)27(34)35)19-11-23(40(4)29(41)20(19)10-14)16-12-36-28(37-13-16)17-7-8-39(3)30(42)25(17)31/h5-13,15,27,38H,1-4H3. The van der Waals surface area contributed by atoms with E-state index in [2.05, 4.69) is 15.3 Å². The molecule has 0 radical (unpaired) electrons. The van der Waals surface area contributed by atoms with Crippen LogP contribution in [0.4, 0.5) is 23.2 Å². The van der Waals surface area contributed by atoms with Crippen molar-refractivity contribution in [3.63, 3.8) is 0 Å². The van der Waals surface area contributed by atoms with Gasteiger partial charge in [0.05, 0.1) is 11.3 Å². The third-order valence-corrected chi connectivity index (χ3v) is 7.49. The Hall–Kier alpha value is -4.51. The van der Waals surface area contributed by atoms with Crippen LogP contribution in [0.5, 0.6) is 0 Å². The zero-order valence-corrected chi connectivity index (χ0v) is 23.6. The summed E-state index contributed by atoms with van der Waals surface area (Å²) in [5.74, 6) is -2.77. The van der Waals surface area contributed by atoms with Gasteiger partial charge in [0.1, 0.15) is 5.02 Å². The molecular formula is C30H24ClF4N5O2. The maximum Gasteiger partial charge on any atom is 0.269 e. The van der Waals surface area contributed by atoms with Crippen LogP contribution in [-0.4, -0.2) is 19.1 Å². The van der Waals surface area contributed by atoms with E-state index in [0.29, 0.717) is 33.2 Å². The third kappa shape index (κ3) is 5.04. The summed E-state index contributed by atoms with van der Waals surface area (Å²) in [5, 5.41) is 3.75. The van der Waals surface area contributed by atoms with Gasteiger partial charge in [0.25, 0.3) is 17.5 Å². The van der Waals surface area contributed by atoms with Gasteiger partial charge in [-0.15, -0.1) is 0 Å². The highest BCUT2D eigenvalue weighted by molar-refractivity contribution is 6.32. The maximum absolute atomic E-state index is 14.2. The van der Waals surface area contributed by atoms with E-state index < -0.39 is 35.2 Å². The van der Waals surface area contributed by atoms with Gasteiger partial charge in [-0.25, -0.2) is 27.5 Å². The summed E-state index contributed by atoms with van der Waals surface area (Å²) in [4.78, 5) is 34.5. The maximum atomic E-state index is 14.2. The number of aryl methyl sites for hydroxylation is 2. The van der Waals surface area contributed by atoms with Crippen molar-refractivity contribution < 1.29 is 17.6 Å². The quantitative estimate of drug-likeness (QED) is 0.220. The van der Waals surface area contributed by atoms with Crippen molar-refractivity contribution >= 4 is 28.1 Å². The van der Waals surface area contributed by atoms with Crippen LogP contribution in [0.15, 0.2) is 64.6 Å². The summed E-state index contributed by atoms with van der Waals surface area (Å²) in [7, 11) is 3.17. The topological polar surface area (TPSA) is 81.8 Å². The van der Waals surface area contributed by atoms with Crippen molar-refractivity contribution in [2.45, 2.75) is 26.3 Å². The molecule has 0 saturated carbocycles. The van der Waals surface area contributed by atoms with Crippen molar-refractivity contribution in [1.29, 1.82) is 0 Å². The lowest BCUT2D eigenvalue weighted by Gasteiger charge is -2.22. The van der Waals surface area contributed by atoms with Gasteiger partial charge >= 0.3 is 0 Å². The Balaban J connectivity index is 1.61. The molecule has 1 unspecified atom stereocenters. The summed E-state index contributed by atoms with van der Waals surface area (Å²) >= 11 is 6.22. The van der Waals surface area contributed by atoms with E-state index in [4.69, 9.17) is 11.6 Å². The summed E-state index contributed by atoms with van der Waals surface area (Å²) in [5.41, 5.74) is 0.606. The lowest BCUT2D eigenvalue weighted by Crippen LogP contribution is -2.20. The number of aromatic nitrogens is 4. The average molecular weight is 598 g/mol. The summed E-state index contributed by atoms with van der Waals surface area (Å²) in [6, 6.07) is 8.05. The monoisotopic (exact) mass is 597 g/mol. The second-order valence-electron chi connectivity index (χ2n) is 9.95. The highest BCUT2D eigenvalue weighted by atomic mass is 35.5. The Labute approximate surface area is 242 Å². The molecule has 5 aromatic rings. The first-order chi connectivity index (χ1) is 19.9. The van der Waals surface area contributed by atoms with Gasteiger partial charge < -0.3 is 14.5 Å². The summed E-state index contributed by atoms with van der Waals surface area (Å²) in [6.45, 7) is 3.47. The molecule has 5 rings (SSSR count). The highest BCUT2D eigenvalue weighted by Gasteiger charge is 2.24. The van der Waals surface area contributed by atoms with Gasteiger partial charge in [-0.1, -0.05) is 17.7 Å². The van der Waals surface area contributed by atoms with Crippen LogP contribution in [0, 0.1) is 18.6 Å². The van der Waals surface area contributed by atoms with Crippen LogP contribution in [-0.2, 0) is 14.1 Å². The molecule has 0 fully saturated rings. The molecule has 12 heteroatoms. The predicted molar refractivity (Wildman–Crippen MR) is 154 cm³/mol. The fourth-order valence-electron chi connectivity index (χ4n) is 4.91. The first kappa shape index (κ1) is 29.0. The Bertz CT molecular complexity index is 1970. The fourth-order valence-corrected chi connectivity index (χ4v) is 5.19. The number of fused-ring (bicyclic) bond motifs is 1. The van der Waals surface area contributed by atoms with E-state index in [1.165, 1.54) is 21.5 Å². The van der Waals surface area contributed by atoms with Crippen LogP contribution >= 0.6 is 11.6 Å². The first-order valence-corrected chi connectivity index (χ1v) is 13.1. The van der Waals surface area contributed by atoms with Crippen molar-refractivity contribution in [2.75, 3.05) is 5.32 Å². The van der Waals surface area contributed by atoms with Crippen molar-refractivity contribution in [3.05, 3.63) is 109 Å². The van der Waals surface area contributed by atoms with Gasteiger partial charge in [0.2, 0.25) is 0 Å². The number of halogens is 5. The number of anilines is 1. The molecule has 0 amide bonds. The SMILES string of the molecule is Cc1cc(C(C)Nc2ccc(F)c(F)c2C(F)F)c2cc(-c3cnc(-c4ccn(C)c(=O)c4Cl)nc3)n(C)c(=O)c2c1. The molecule has 1 N–H and O–H groups in total. The summed E-state index contributed by atoms with van der Waals surface area (Å²) < 4.78 is 58.0. The molecule has 0 bridgehead atoms. The number of benzene rings is 2. The number of rotatable bonds is 6. The zero-order valence-electron chi connectivity index (χ0n) is 22.8. The minimum atomic E-state index is -3.25. The Morgan fingerprint density at radius 3 is 2.31 bits per heavy atom. The summed E-state index contributed by atoms with van der Waals surface area (Å²) in [6.07, 6.45) is 1.31. The van der Waals surface area contributed by atoms with Crippen molar-refractivity contribution in [1.82, 2.24) is 19.1 Å². The Morgan fingerprint density at radius 2 is 1.64 bits per heavy atom. The van der Waals surface area contributed by atoms with Gasteiger partial charge in [0, 0.05) is 60.9 Å². The Kier molecular flexibility index (Phi) is 7.63. The van der Waals surface area contributed by atoms with E-state index in [0.717, 1.165) is 17.7 Å². The Morgan fingerprint density at radius 1 is 0.952 bits per heavy atom.